The predicted molar refractivity (Wildman–Crippen MR) is 79.3 cm³/mol. The third-order valence-corrected chi connectivity index (χ3v) is 3.88. The second-order valence-electron chi connectivity index (χ2n) is 5.45. The molecule has 2 rings (SSSR count). The van der Waals surface area contributed by atoms with E-state index in [2.05, 4.69) is 6.07 Å². The Bertz CT molecular complexity index is 541. The molecule has 1 aromatic rings. The van der Waals surface area contributed by atoms with Crippen molar-refractivity contribution in [1.82, 2.24) is 0 Å². The van der Waals surface area contributed by atoms with Gasteiger partial charge in [-0.15, -0.1) is 0 Å². The third-order valence-electron chi connectivity index (χ3n) is 3.88. The summed E-state index contributed by atoms with van der Waals surface area (Å²) >= 11 is 0. The van der Waals surface area contributed by atoms with E-state index >= 15 is 0 Å². The van der Waals surface area contributed by atoms with Gasteiger partial charge in [0.2, 0.25) is 0 Å². The molecule has 1 fully saturated rings. The Kier molecular flexibility index (Phi) is 5.35. The fourth-order valence-electron chi connectivity index (χ4n) is 2.71. The number of Topliss-reactive ketones (excluding diaryl/α,β-unsaturated/α-hetero) is 1. The summed E-state index contributed by atoms with van der Waals surface area (Å²) in [5.74, 6) is -0.226. The molecule has 21 heavy (non-hydrogen) atoms. The highest BCUT2D eigenvalue weighted by Crippen LogP contribution is 2.30. The van der Waals surface area contributed by atoms with Crippen molar-refractivity contribution in [1.29, 1.82) is 5.26 Å². The van der Waals surface area contributed by atoms with Gasteiger partial charge in [0.05, 0.1) is 19.3 Å². The lowest BCUT2D eigenvalue weighted by Crippen LogP contribution is -2.15. The molecular weight excluding hydrogens is 266 g/mol. The van der Waals surface area contributed by atoms with E-state index < -0.39 is 5.92 Å². The number of hydrogen-bond acceptors (Lipinski definition) is 4. The van der Waals surface area contributed by atoms with Crippen LogP contribution < -0.4 is 4.74 Å². The number of hydrogen-bond donors (Lipinski definition) is 0. The molecule has 0 bridgehead atoms. The lowest BCUT2D eigenvalue weighted by Gasteiger charge is -2.15. The van der Waals surface area contributed by atoms with E-state index in [1.54, 1.807) is 7.11 Å². The molecule has 2 atom stereocenters. The number of carbonyl (C=O) groups excluding carboxylic acids is 1. The van der Waals surface area contributed by atoms with Crippen molar-refractivity contribution in [3.8, 4) is 11.8 Å². The average molecular weight is 287 g/mol. The number of nitrogens with zero attached hydrogens (tertiary/aromatic N) is 1. The standard InChI is InChI=1S/C17H21NO3/c1-12-5-8-17(20-2)14(10-12)15(11-18)16(19)7-6-13-4-3-9-21-13/h5,8,10,13,15H,3-4,6-7,9H2,1-2H3. The molecule has 0 aliphatic carbocycles. The van der Waals surface area contributed by atoms with Gasteiger partial charge in [-0.2, -0.15) is 5.26 Å². The van der Waals surface area contributed by atoms with Gasteiger partial charge in [0.1, 0.15) is 11.7 Å². The lowest BCUT2D eigenvalue weighted by molar-refractivity contribution is -0.120. The van der Waals surface area contributed by atoms with Crippen molar-refractivity contribution in [2.75, 3.05) is 13.7 Å². The molecule has 0 amide bonds. The van der Waals surface area contributed by atoms with Crippen LogP contribution >= 0.6 is 0 Å². The summed E-state index contributed by atoms with van der Waals surface area (Å²) in [5, 5.41) is 9.40. The number of benzene rings is 1. The quantitative estimate of drug-likeness (QED) is 0.806. The Labute approximate surface area is 125 Å². The van der Waals surface area contributed by atoms with Gasteiger partial charge in [-0.3, -0.25) is 4.79 Å². The number of methoxy groups -OCH3 is 1. The first-order valence-corrected chi connectivity index (χ1v) is 7.34. The summed E-state index contributed by atoms with van der Waals surface area (Å²) in [7, 11) is 1.56. The van der Waals surface area contributed by atoms with Crippen molar-refractivity contribution in [3.05, 3.63) is 29.3 Å². The largest absolute Gasteiger partial charge is 0.496 e. The van der Waals surface area contributed by atoms with Crippen molar-refractivity contribution in [2.24, 2.45) is 0 Å². The molecule has 4 nitrogen and oxygen atoms in total. The topological polar surface area (TPSA) is 59.3 Å². The maximum absolute atomic E-state index is 12.4. The van der Waals surface area contributed by atoms with E-state index in [0.717, 1.165) is 25.0 Å². The monoisotopic (exact) mass is 287 g/mol. The van der Waals surface area contributed by atoms with E-state index in [1.807, 2.05) is 25.1 Å². The van der Waals surface area contributed by atoms with Crippen LogP contribution in [0.4, 0.5) is 0 Å². The summed E-state index contributed by atoms with van der Waals surface area (Å²) in [4.78, 5) is 12.4. The number of ketones is 1. The van der Waals surface area contributed by atoms with Crippen molar-refractivity contribution in [2.45, 2.75) is 44.6 Å². The molecule has 2 unspecified atom stereocenters. The first-order valence-electron chi connectivity index (χ1n) is 7.34. The van der Waals surface area contributed by atoms with E-state index in [0.29, 0.717) is 24.2 Å². The average Bonchev–Trinajstić information content (AvgIpc) is 2.99. The Morgan fingerprint density at radius 1 is 1.57 bits per heavy atom. The normalized spacial score (nSPS) is 19.0. The molecule has 1 aliphatic rings. The molecule has 1 aromatic carbocycles. The van der Waals surface area contributed by atoms with Crippen LogP contribution in [0.2, 0.25) is 0 Å². The highest BCUT2D eigenvalue weighted by molar-refractivity contribution is 5.89. The van der Waals surface area contributed by atoms with Gasteiger partial charge in [0.25, 0.3) is 0 Å². The molecule has 0 N–H and O–H groups in total. The van der Waals surface area contributed by atoms with Crippen LogP contribution in [0.1, 0.15) is 42.7 Å². The minimum atomic E-state index is -0.763. The molecule has 4 heteroatoms. The maximum Gasteiger partial charge on any atom is 0.154 e. The highest BCUT2D eigenvalue weighted by Gasteiger charge is 2.25. The minimum absolute atomic E-state index is 0.0584. The number of aryl methyl sites for hydroxylation is 1. The smallest absolute Gasteiger partial charge is 0.154 e. The van der Waals surface area contributed by atoms with Crippen LogP contribution in [-0.4, -0.2) is 25.6 Å². The van der Waals surface area contributed by atoms with Crippen molar-refractivity contribution in [3.63, 3.8) is 0 Å². The number of ether oxygens (including phenoxy) is 2. The van der Waals surface area contributed by atoms with E-state index in [-0.39, 0.29) is 11.9 Å². The number of nitriles is 1. The van der Waals surface area contributed by atoms with Crippen molar-refractivity contribution < 1.29 is 14.3 Å². The van der Waals surface area contributed by atoms with E-state index in [1.165, 1.54) is 0 Å². The summed E-state index contributed by atoms with van der Waals surface area (Å²) in [5.41, 5.74) is 1.68. The van der Waals surface area contributed by atoms with Gasteiger partial charge in [0, 0.05) is 18.6 Å². The summed E-state index contributed by atoms with van der Waals surface area (Å²) < 4.78 is 10.8. The van der Waals surface area contributed by atoms with Gasteiger partial charge in [-0.05, 0) is 32.3 Å². The Hall–Kier alpha value is -1.86. The molecule has 1 heterocycles. The minimum Gasteiger partial charge on any atom is -0.496 e. The van der Waals surface area contributed by atoms with Gasteiger partial charge in [-0.1, -0.05) is 17.7 Å². The van der Waals surface area contributed by atoms with Crippen LogP contribution in [0.5, 0.6) is 5.75 Å². The molecule has 0 spiro atoms. The Morgan fingerprint density at radius 2 is 2.38 bits per heavy atom. The predicted octanol–water partition coefficient (Wildman–Crippen LogP) is 3.14. The molecule has 1 saturated heterocycles. The zero-order chi connectivity index (χ0) is 15.2. The van der Waals surface area contributed by atoms with Gasteiger partial charge in [0.15, 0.2) is 5.78 Å². The Balaban J connectivity index is 2.09. The fourth-order valence-corrected chi connectivity index (χ4v) is 2.71. The summed E-state index contributed by atoms with van der Waals surface area (Å²) in [6.45, 7) is 2.72. The van der Waals surface area contributed by atoms with Crippen LogP contribution in [-0.2, 0) is 9.53 Å². The Morgan fingerprint density at radius 3 is 3.00 bits per heavy atom. The zero-order valence-corrected chi connectivity index (χ0v) is 12.6. The fraction of sp³-hybridized carbons (Fsp3) is 0.529. The SMILES string of the molecule is COc1ccc(C)cc1C(C#N)C(=O)CCC1CCCO1. The zero-order valence-electron chi connectivity index (χ0n) is 12.6. The van der Waals surface area contributed by atoms with E-state index in [4.69, 9.17) is 9.47 Å². The van der Waals surface area contributed by atoms with Crippen LogP contribution in [0.15, 0.2) is 18.2 Å². The molecule has 0 aromatic heterocycles. The second-order valence-corrected chi connectivity index (χ2v) is 5.45. The summed E-state index contributed by atoms with van der Waals surface area (Å²) in [6.07, 6.45) is 3.32. The molecule has 112 valence electrons. The maximum atomic E-state index is 12.4. The highest BCUT2D eigenvalue weighted by atomic mass is 16.5. The van der Waals surface area contributed by atoms with Gasteiger partial charge in [-0.25, -0.2) is 0 Å². The summed E-state index contributed by atoms with van der Waals surface area (Å²) in [6, 6.07) is 7.70. The first-order chi connectivity index (χ1) is 10.2. The van der Waals surface area contributed by atoms with Crippen LogP contribution in [0.25, 0.3) is 0 Å². The molecule has 0 saturated carbocycles. The van der Waals surface area contributed by atoms with Crippen molar-refractivity contribution >= 4 is 5.78 Å². The molecular formula is C17H21NO3. The van der Waals surface area contributed by atoms with Crippen LogP contribution in [0, 0.1) is 18.3 Å². The second kappa shape index (κ2) is 7.24. The number of carbonyl (C=O) groups is 1. The van der Waals surface area contributed by atoms with Gasteiger partial charge < -0.3 is 9.47 Å². The lowest BCUT2D eigenvalue weighted by atomic mass is 9.91. The van der Waals surface area contributed by atoms with E-state index in [9.17, 15) is 10.1 Å². The molecule has 1 aliphatic heterocycles. The first kappa shape index (κ1) is 15.5. The van der Waals surface area contributed by atoms with Crippen LogP contribution in [0.3, 0.4) is 0 Å². The third kappa shape index (κ3) is 3.83. The van der Waals surface area contributed by atoms with Gasteiger partial charge >= 0.3 is 0 Å². The molecule has 0 radical (unpaired) electrons. The number of rotatable bonds is 6.